The van der Waals surface area contributed by atoms with E-state index in [0.717, 1.165) is 12.0 Å². The molecule has 0 bridgehead atoms. The molecule has 0 aliphatic heterocycles. The quantitative estimate of drug-likeness (QED) is 0.882. The molecule has 0 aliphatic carbocycles. The smallest absolute Gasteiger partial charge is 0.344 e. The SMILES string of the molecule is CCCC(Oc1cc(C)c(Cl)c(C)c1Cl)C(=O)O. The van der Waals surface area contributed by atoms with Crippen LogP contribution in [0, 0.1) is 13.8 Å². The number of carboxylic acid groups (broad SMARTS) is 1. The number of hydrogen-bond donors (Lipinski definition) is 1. The van der Waals surface area contributed by atoms with Gasteiger partial charge in [0.15, 0.2) is 6.10 Å². The minimum absolute atomic E-state index is 0.368. The number of carbonyl (C=O) groups is 1. The average molecular weight is 291 g/mol. The Kier molecular flexibility index (Phi) is 5.29. The van der Waals surface area contributed by atoms with Crippen molar-refractivity contribution in [3.63, 3.8) is 0 Å². The molecule has 1 unspecified atom stereocenters. The van der Waals surface area contributed by atoms with Gasteiger partial charge in [-0.2, -0.15) is 0 Å². The summed E-state index contributed by atoms with van der Waals surface area (Å²) in [5.41, 5.74) is 1.52. The maximum Gasteiger partial charge on any atom is 0.344 e. The Labute approximate surface area is 117 Å². The monoisotopic (exact) mass is 290 g/mol. The average Bonchev–Trinajstić information content (AvgIpc) is 2.32. The van der Waals surface area contributed by atoms with Crippen molar-refractivity contribution in [2.45, 2.75) is 39.7 Å². The van der Waals surface area contributed by atoms with Gasteiger partial charge in [0, 0.05) is 5.02 Å². The lowest BCUT2D eigenvalue weighted by atomic mass is 10.1. The number of aryl methyl sites for hydroxylation is 1. The molecule has 5 heteroatoms. The first-order chi connectivity index (χ1) is 8.38. The van der Waals surface area contributed by atoms with E-state index < -0.39 is 12.1 Å². The number of halogens is 2. The van der Waals surface area contributed by atoms with Crippen LogP contribution in [0.3, 0.4) is 0 Å². The molecule has 100 valence electrons. The predicted octanol–water partition coefficient (Wildman–Crippen LogP) is 4.24. The van der Waals surface area contributed by atoms with Crippen LogP contribution in [-0.4, -0.2) is 17.2 Å². The van der Waals surface area contributed by atoms with Crippen LogP contribution in [0.1, 0.15) is 30.9 Å². The molecule has 0 radical (unpaired) electrons. The fraction of sp³-hybridized carbons (Fsp3) is 0.462. The Hall–Kier alpha value is -0.930. The van der Waals surface area contributed by atoms with E-state index in [2.05, 4.69) is 0 Å². The molecular formula is C13H16Cl2O3. The second-order valence-electron chi connectivity index (χ2n) is 4.18. The van der Waals surface area contributed by atoms with Crippen molar-refractivity contribution in [3.05, 3.63) is 27.2 Å². The van der Waals surface area contributed by atoms with Gasteiger partial charge in [-0.25, -0.2) is 4.79 Å². The highest BCUT2D eigenvalue weighted by Crippen LogP contribution is 2.36. The Morgan fingerprint density at radius 2 is 2.00 bits per heavy atom. The standard InChI is InChI=1S/C13H16Cl2O3/c1-4-5-9(13(16)17)18-10-6-7(2)11(14)8(3)12(10)15/h6,9H,4-5H2,1-3H3,(H,16,17). The molecule has 0 heterocycles. The zero-order valence-electron chi connectivity index (χ0n) is 10.6. The van der Waals surface area contributed by atoms with Gasteiger partial charge in [-0.15, -0.1) is 0 Å². The van der Waals surface area contributed by atoms with Gasteiger partial charge >= 0.3 is 5.97 Å². The van der Waals surface area contributed by atoms with E-state index in [-0.39, 0.29) is 0 Å². The van der Waals surface area contributed by atoms with Crippen molar-refractivity contribution in [3.8, 4) is 5.75 Å². The van der Waals surface area contributed by atoms with Crippen LogP contribution in [0.2, 0.25) is 10.0 Å². The maximum absolute atomic E-state index is 11.0. The van der Waals surface area contributed by atoms with Crippen molar-refractivity contribution in [1.82, 2.24) is 0 Å². The van der Waals surface area contributed by atoms with E-state index >= 15 is 0 Å². The molecular weight excluding hydrogens is 275 g/mol. The normalized spacial score (nSPS) is 12.3. The second kappa shape index (κ2) is 6.30. The minimum atomic E-state index is -0.988. The molecule has 1 rings (SSSR count). The minimum Gasteiger partial charge on any atom is -0.479 e. The summed E-state index contributed by atoms with van der Waals surface area (Å²) in [5, 5.41) is 10.0. The Morgan fingerprint density at radius 3 is 2.50 bits per heavy atom. The molecule has 0 aliphatic rings. The summed E-state index contributed by atoms with van der Waals surface area (Å²) in [5.74, 6) is -0.616. The van der Waals surface area contributed by atoms with Gasteiger partial charge in [-0.1, -0.05) is 36.5 Å². The third-order valence-corrected chi connectivity index (χ3v) is 3.72. The molecule has 3 nitrogen and oxygen atoms in total. The fourth-order valence-corrected chi connectivity index (χ4v) is 2.03. The van der Waals surface area contributed by atoms with E-state index in [4.69, 9.17) is 33.0 Å². The van der Waals surface area contributed by atoms with E-state index in [1.54, 1.807) is 13.0 Å². The van der Waals surface area contributed by atoms with E-state index in [1.807, 2.05) is 13.8 Å². The summed E-state index contributed by atoms with van der Waals surface area (Å²) in [6, 6.07) is 1.67. The zero-order chi connectivity index (χ0) is 13.9. The lowest BCUT2D eigenvalue weighted by molar-refractivity contribution is -0.145. The molecule has 0 saturated carbocycles. The third-order valence-electron chi connectivity index (χ3n) is 2.66. The summed E-state index contributed by atoms with van der Waals surface area (Å²) in [6.07, 6.45) is 0.277. The van der Waals surface area contributed by atoms with Gasteiger partial charge in [0.1, 0.15) is 5.75 Å². The largest absolute Gasteiger partial charge is 0.479 e. The number of benzene rings is 1. The number of rotatable bonds is 5. The van der Waals surface area contributed by atoms with Crippen molar-refractivity contribution >= 4 is 29.2 Å². The Morgan fingerprint density at radius 1 is 1.39 bits per heavy atom. The van der Waals surface area contributed by atoms with Crippen LogP contribution >= 0.6 is 23.2 Å². The highest BCUT2D eigenvalue weighted by Gasteiger charge is 2.21. The lowest BCUT2D eigenvalue weighted by Crippen LogP contribution is -2.26. The van der Waals surface area contributed by atoms with E-state index in [0.29, 0.717) is 27.8 Å². The molecule has 1 aromatic rings. The first kappa shape index (κ1) is 15.1. The topological polar surface area (TPSA) is 46.5 Å². The molecule has 0 saturated heterocycles. The summed E-state index contributed by atoms with van der Waals surface area (Å²) in [6.45, 7) is 5.51. The van der Waals surface area contributed by atoms with Crippen LogP contribution < -0.4 is 4.74 Å². The number of ether oxygens (including phenoxy) is 1. The molecule has 0 fully saturated rings. The first-order valence-corrected chi connectivity index (χ1v) is 6.48. The summed E-state index contributed by atoms with van der Waals surface area (Å²) >= 11 is 12.2. The Bertz CT molecular complexity index is 458. The van der Waals surface area contributed by atoms with E-state index in [9.17, 15) is 4.79 Å². The first-order valence-electron chi connectivity index (χ1n) is 5.73. The van der Waals surface area contributed by atoms with Crippen LogP contribution in [0.5, 0.6) is 5.75 Å². The number of aliphatic carboxylic acids is 1. The highest BCUT2D eigenvalue weighted by atomic mass is 35.5. The third kappa shape index (κ3) is 3.30. The van der Waals surface area contributed by atoms with Gasteiger partial charge < -0.3 is 9.84 Å². The fourth-order valence-electron chi connectivity index (χ4n) is 1.63. The van der Waals surface area contributed by atoms with Crippen molar-refractivity contribution < 1.29 is 14.6 Å². The molecule has 0 amide bonds. The highest BCUT2D eigenvalue weighted by molar-refractivity contribution is 6.37. The molecule has 18 heavy (non-hydrogen) atoms. The zero-order valence-corrected chi connectivity index (χ0v) is 12.1. The van der Waals surface area contributed by atoms with Crippen molar-refractivity contribution in [2.24, 2.45) is 0 Å². The summed E-state index contributed by atoms with van der Waals surface area (Å²) in [7, 11) is 0. The molecule has 1 atom stereocenters. The molecule has 0 spiro atoms. The predicted molar refractivity (Wildman–Crippen MR) is 72.9 cm³/mol. The second-order valence-corrected chi connectivity index (χ2v) is 4.93. The molecule has 1 aromatic carbocycles. The van der Waals surface area contributed by atoms with Crippen LogP contribution in [0.15, 0.2) is 6.07 Å². The summed E-state index contributed by atoms with van der Waals surface area (Å²) in [4.78, 5) is 11.0. The van der Waals surface area contributed by atoms with Crippen molar-refractivity contribution in [2.75, 3.05) is 0 Å². The number of hydrogen-bond acceptors (Lipinski definition) is 2. The molecule has 0 aromatic heterocycles. The lowest BCUT2D eigenvalue weighted by Gasteiger charge is -2.17. The molecule has 1 N–H and O–H groups in total. The maximum atomic E-state index is 11.0. The summed E-state index contributed by atoms with van der Waals surface area (Å²) < 4.78 is 5.47. The van der Waals surface area contributed by atoms with Gasteiger partial charge in [-0.3, -0.25) is 0 Å². The van der Waals surface area contributed by atoms with Crippen molar-refractivity contribution in [1.29, 1.82) is 0 Å². The van der Waals surface area contributed by atoms with Crippen LogP contribution in [0.4, 0.5) is 0 Å². The van der Waals surface area contributed by atoms with Gasteiger partial charge in [0.2, 0.25) is 0 Å². The number of carboxylic acids is 1. The Balaban J connectivity index is 3.07. The van der Waals surface area contributed by atoms with Gasteiger partial charge in [0.05, 0.1) is 5.02 Å². The van der Waals surface area contributed by atoms with Gasteiger partial charge in [-0.05, 0) is 37.5 Å². The van der Waals surface area contributed by atoms with Crippen LogP contribution in [-0.2, 0) is 4.79 Å². The van der Waals surface area contributed by atoms with Crippen LogP contribution in [0.25, 0.3) is 0 Å². The van der Waals surface area contributed by atoms with Gasteiger partial charge in [0.25, 0.3) is 0 Å². The van der Waals surface area contributed by atoms with E-state index in [1.165, 1.54) is 0 Å².